The van der Waals surface area contributed by atoms with Gasteiger partial charge in [-0.2, -0.15) is 0 Å². The van der Waals surface area contributed by atoms with Crippen LogP contribution in [-0.2, 0) is 13.1 Å². The van der Waals surface area contributed by atoms with Gasteiger partial charge >= 0.3 is 0 Å². The number of nitrogens with two attached hydrogens (primary N) is 1. The van der Waals surface area contributed by atoms with Crippen LogP contribution in [0, 0.1) is 5.82 Å². The second kappa shape index (κ2) is 4.90. The number of hydrogen-bond donors (Lipinski definition) is 1. The second-order valence-electron chi connectivity index (χ2n) is 4.81. The third-order valence-electron chi connectivity index (χ3n) is 3.38. The Balaban J connectivity index is 1.88. The summed E-state index contributed by atoms with van der Waals surface area (Å²) in [5.41, 5.74) is 8.62. The first-order valence-electron chi connectivity index (χ1n) is 6.16. The molecule has 0 unspecified atom stereocenters. The molecule has 3 rings (SSSR count). The Kier molecular flexibility index (Phi) is 3.22. The van der Waals surface area contributed by atoms with Crippen molar-refractivity contribution in [1.82, 2.24) is 4.90 Å². The standard InChI is InChI=1S/C15H12BrFN2O/c16-14-4-2-11(17)5-10(14)8-19-7-9-1-3-12(18)6-13(9)15(19)20/h1-6H,7-8,18H2. The van der Waals surface area contributed by atoms with E-state index in [0.717, 1.165) is 15.6 Å². The van der Waals surface area contributed by atoms with Crippen molar-refractivity contribution in [2.75, 3.05) is 5.73 Å². The van der Waals surface area contributed by atoms with Crippen molar-refractivity contribution < 1.29 is 9.18 Å². The third-order valence-corrected chi connectivity index (χ3v) is 4.16. The van der Waals surface area contributed by atoms with Crippen LogP contribution >= 0.6 is 15.9 Å². The summed E-state index contributed by atoms with van der Waals surface area (Å²) in [4.78, 5) is 14.0. The SMILES string of the molecule is Nc1ccc2c(c1)C(=O)N(Cc1cc(F)ccc1Br)C2. The number of nitrogens with zero attached hydrogens (tertiary/aromatic N) is 1. The number of anilines is 1. The van der Waals surface area contributed by atoms with E-state index < -0.39 is 0 Å². The summed E-state index contributed by atoms with van der Waals surface area (Å²) in [6, 6.07) is 9.81. The maximum absolute atomic E-state index is 13.3. The van der Waals surface area contributed by atoms with E-state index in [9.17, 15) is 9.18 Å². The first-order chi connectivity index (χ1) is 9.54. The molecule has 1 aliphatic rings. The van der Waals surface area contributed by atoms with Crippen molar-refractivity contribution in [2.24, 2.45) is 0 Å². The predicted octanol–water partition coefficient (Wildman–Crippen LogP) is 3.33. The molecule has 0 fully saturated rings. The molecular formula is C15H12BrFN2O. The number of carbonyl (C=O) groups is 1. The topological polar surface area (TPSA) is 46.3 Å². The highest BCUT2D eigenvalue weighted by Crippen LogP contribution is 2.28. The monoisotopic (exact) mass is 334 g/mol. The van der Waals surface area contributed by atoms with Gasteiger partial charge in [0.15, 0.2) is 0 Å². The van der Waals surface area contributed by atoms with Crippen molar-refractivity contribution >= 4 is 27.5 Å². The molecule has 1 amide bonds. The molecular weight excluding hydrogens is 323 g/mol. The van der Waals surface area contributed by atoms with Gasteiger partial charge < -0.3 is 10.6 Å². The number of amides is 1. The Hall–Kier alpha value is -1.88. The molecule has 0 spiro atoms. The summed E-state index contributed by atoms with van der Waals surface area (Å²) in [6.45, 7) is 0.892. The number of benzene rings is 2. The molecule has 0 atom stereocenters. The zero-order chi connectivity index (χ0) is 14.3. The Labute approximate surface area is 124 Å². The molecule has 5 heteroatoms. The summed E-state index contributed by atoms with van der Waals surface area (Å²) in [5, 5.41) is 0. The zero-order valence-electron chi connectivity index (χ0n) is 10.6. The fraction of sp³-hybridized carbons (Fsp3) is 0.133. The van der Waals surface area contributed by atoms with Gasteiger partial charge in [-0.05, 0) is 41.5 Å². The maximum atomic E-state index is 13.3. The molecule has 102 valence electrons. The van der Waals surface area contributed by atoms with E-state index in [-0.39, 0.29) is 11.7 Å². The lowest BCUT2D eigenvalue weighted by Crippen LogP contribution is -2.23. The van der Waals surface area contributed by atoms with E-state index in [1.807, 2.05) is 6.07 Å². The van der Waals surface area contributed by atoms with Crippen molar-refractivity contribution in [3.05, 3.63) is 63.4 Å². The molecule has 3 nitrogen and oxygen atoms in total. The van der Waals surface area contributed by atoms with Crippen LogP contribution in [0.25, 0.3) is 0 Å². The molecule has 0 radical (unpaired) electrons. The largest absolute Gasteiger partial charge is 0.399 e. The van der Waals surface area contributed by atoms with Crippen LogP contribution in [0.3, 0.4) is 0 Å². The minimum atomic E-state index is -0.309. The normalized spacial score (nSPS) is 13.7. The fourth-order valence-corrected chi connectivity index (χ4v) is 2.75. The number of fused-ring (bicyclic) bond motifs is 1. The lowest BCUT2D eigenvalue weighted by Gasteiger charge is -2.16. The number of nitrogen functional groups attached to an aromatic ring is 1. The van der Waals surface area contributed by atoms with Gasteiger partial charge in [0.1, 0.15) is 5.82 Å². The zero-order valence-corrected chi connectivity index (χ0v) is 12.2. The molecule has 20 heavy (non-hydrogen) atoms. The molecule has 0 saturated carbocycles. The fourth-order valence-electron chi connectivity index (χ4n) is 2.38. The summed E-state index contributed by atoms with van der Waals surface area (Å²) in [7, 11) is 0. The molecule has 2 aromatic rings. The van der Waals surface area contributed by atoms with E-state index in [0.29, 0.717) is 24.3 Å². The maximum Gasteiger partial charge on any atom is 0.254 e. The van der Waals surface area contributed by atoms with E-state index in [1.54, 1.807) is 23.1 Å². The molecule has 0 saturated heterocycles. The lowest BCUT2D eigenvalue weighted by atomic mass is 10.1. The summed E-state index contributed by atoms with van der Waals surface area (Å²) >= 11 is 3.38. The first kappa shape index (κ1) is 13.1. The average molecular weight is 335 g/mol. The predicted molar refractivity (Wildman–Crippen MR) is 78.5 cm³/mol. The van der Waals surface area contributed by atoms with Gasteiger partial charge in [-0.1, -0.05) is 22.0 Å². The van der Waals surface area contributed by atoms with Crippen LogP contribution in [0.2, 0.25) is 0 Å². The lowest BCUT2D eigenvalue weighted by molar-refractivity contribution is 0.0766. The van der Waals surface area contributed by atoms with Gasteiger partial charge in [0.05, 0.1) is 0 Å². The van der Waals surface area contributed by atoms with Crippen LogP contribution in [0.4, 0.5) is 10.1 Å². The molecule has 0 aliphatic carbocycles. The van der Waals surface area contributed by atoms with Crippen LogP contribution < -0.4 is 5.73 Å². The van der Waals surface area contributed by atoms with Gasteiger partial charge in [0, 0.05) is 28.8 Å². The van der Waals surface area contributed by atoms with Gasteiger partial charge in [-0.3, -0.25) is 4.79 Å². The number of carbonyl (C=O) groups excluding carboxylic acids is 1. The number of rotatable bonds is 2. The third kappa shape index (κ3) is 2.29. The first-order valence-corrected chi connectivity index (χ1v) is 6.95. The van der Waals surface area contributed by atoms with Crippen LogP contribution in [0.15, 0.2) is 40.9 Å². The van der Waals surface area contributed by atoms with Gasteiger partial charge in [0.2, 0.25) is 0 Å². The summed E-state index contributed by atoms with van der Waals surface area (Å²) in [5.74, 6) is -0.375. The summed E-state index contributed by atoms with van der Waals surface area (Å²) in [6.07, 6.45) is 0. The molecule has 0 bridgehead atoms. The number of hydrogen-bond acceptors (Lipinski definition) is 2. The van der Waals surface area contributed by atoms with Crippen LogP contribution in [0.1, 0.15) is 21.5 Å². The highest BCUT2D eigenvalue weighted by atomic mass is 79.9. The molecule has 1 heterocycles. The van der Waals surface area contributed by atoms with E-state index in [1.165, 1.54) is 12.1 Å². The molecule has 2 aromatic carbocycles. The highest BCUT2D eigenvalue weighted by molar-refractivity contribution is 9.10. The smallest absolute Gasteiger partial charge is 0.254 e. The van der Waals surface area contributed by atoms with Crippen molar-refractivity contribution in [2.45, 2.75) is 13.1 Å². The van der Waals surface area contributed by atoms with Crippen molar-refractivity contribution in [3.8, 4) is 0 Å². The Morgan fingerprint density at radius 3 is 2.85 bits per heavy atom. The Bertz CT molecular complexity index is 702. The van der Waals surface area contributed by atoms with Crippen LogP contribution in [-0.4, -0.2) is 10.8 Å². The minimum absolute atomic E-state index is 0.0662. The highest BCUT2D eigenvalue weighted by Gasteiger charge is 2.27. The quantitative estimate of drug-likeness (QED) is 0.856. The van der Waals surface area contributed by atoms with Crippen molar-refractivity contribution in [3.63, 3.8) is 0 Å². The molecule has 0 aromatic heterocycles. The van der Waals surface area contributed by atoms with E-state index in [2.05, 4.69) is 15.9 Å². The number of halogens is 2. The Morgan fingerprint density at radius 1 is 1.25 bits per heavy atom. The Morgan fingerprint density at radius 2 is 2.05 bits per heavy atom. The molecule has 1 aliphatic heterocycles. The molecule has 2 N–H and O–H groups in total. The van der Waals surface area contributed by atoms with E-state index in [4.69, 9.17) is 5.73 Å². The van der Waals surface area contributed by atoms with Gasteiger partial charge in [-0.25, -0.2) is 4.39 Å². The second-order valence-corrected chi connectivity index (χ2v) is 5.67. The van der Waals surface area contributed by atoms with Crippen LogP contribution in [0.5, 0.6) is 0 Å². The average Bonchev–Trinajstić information content (AvgIpc) is 2.71. The van der Waals surface area contributed by atoms with Crippen molar-refractivity contribution in [1.29, 1.82) is 0 Å². The summed E-state index contributed by atoms with van der Waals surface area (Å²) < 4.78 is 14.1. The van der Waals surface area contributed by atoms with Gasteiger partial charge in [-0.15, -0.1) is 0 Å². The van der Waals surface area contributed by atoms with Gasteiger partial charge in [0.25, 0.3) is 5.91 Å². The minimum Gasteiger partial charge on any atom is -0.399 e. The van der Waals surface area contributed by atoms with E-state index >= 15 is 0 Å².